The molecule has 0 aliphatic heterocycles. The van der Waals surface area contributed by atoms with Crippen molar-refractivity contribution in [3.8, 4) is 0 Å². The van der Waals surface area contributed by atoms with Crippen molar-refractivity contribution in [1.29, 1.82) is 0 Å². The van der Waals surface area contributed by atoms with Gasteiger partial charge in [0.05, 0.1) is 5.25 Å². The summed E-state index contributed by atoms with van der Waals surface area (Å²) in [5, 5.41) is 3.05. The molecule has 0 aliphatic carbocycles. The predicted octanol–water partition coefficient (Wildman–Crippen LogP) is 4.95. The average Bonchev–Trinajstić information content (AvgIpc) is 2.52. The van der Waals surface area contributed by atoms with Crippen LogP contribution in [-0.4, -0.2) is 11.2 Å². The third kappa shape index (κ3) is 4.63. The van der Waals surface area contributed by atoms with E-state index in [4.69, 9.17) is 0 Å². The van der Waals surface area contributed by atoms with Crippen molar-refractivity contribution < 1.29 is 4.79 Å². The van der Waals surface area contributed by atoms with E-state index < -0.39 is 0 Å². The second kappa shape index (κ2) is 8.04. The maximum Gasteiger partial charge on any atom is 0.237 e. The lowest BCUT2D eigenvalue weighted by Gasteiger charge is -2.16. The fraction of sp³-hybridized carbons (Fsp3) is 0.316. The van der Waals surface area contributed by atoms with Crippen LogP contribution in [0.4, 0.5) is 5.69 Å². The molecule has 1 atom stereocenters. The average molecular weight is 313 g/mol. The second-order valence-corrected chi connectivity index (χ2v) is 6.69. The Morgan fingerprint density at radius 2 is 1.86 bits per heavy atom. The number of nitrogens with one attached hydrogen (secondary N) is 1. The van der Waals surface area contributed by atoms with E-state index >= 15 is 0 Å². The van der Waals surface area contributed by atoms with Crippen molar-refractivity contribution in [2.45, 2.75) is 38.2 Å². The molecular weight excluding hydrogens is 290 g/mol. The molecule has 1 unspecified atom stereocenters. The summed E-state index contributed by atoms with van der Waals surface area (Å²) in [6, 6.07) is 16.4. The van der Waals surface area contributed by atoms with Gasteiger partial charge in [-0.15, -0.1) is 11.8 Å². The maximum atomic E-state index is 12.5. The van der Waals surface area contributed by atoms with Gasteiger partial charge in [0.1, 0.15) is 0 Å². The Morgan fingerprint density at radius 1 is 1.14 bits per heavy atom. The summed E-state index contributed by atoms with van der Waals surface area (Å²) in [4.78, 5) is 12.5. The van der Waals surface area contributed by atoms with Gasteiger partial charge in [0, 0.05) is 11.4 Å². The molecule has 0 fully saturated rings. The smallest absolute Gasteiger partial charge is 0.237 e. The van der Waals surface area contributed by atoms with Crippen LogP contribution in [0.15, 0.2) is 48.5 Å². The molecule has 1 amide bonds. The molecule has 22 heavy (non-hydrogen) atoms. The van der Waals surface area contributed by atoms with Crippen LogP contribution < -0.4 is 5.32 Å². The zero-order chi connectivity index (χ0) is 15.9. The van der Waals surface area contributed by atoms with Crippen LogP contribution >= 0.6 is 11.8 Å². The molecule has 0 heterocycles. The van der Waals surface area contributed by atoms with E-state index in [1.54, 1.807) is 11.8 Å². The van der Waals surface area contributed by atoms with Crippen LogP contribution in [0.25, 0.3) is 0 Å². The van der Waals surface area contributed by atoms with Crippen molar-refractivity contribution in [3.05, 3.63) is 65.2 Å². The van der Waals surface area contributed by atoms with Crippen molar-refractivity contribution >= 4 is 23.4 Å². The largest absolute Gasteiger partial charge is 0.325 e. The minimum absolute atomic E-state index is 0.0277. The minimum Gasteiger partial charge on any atom is -0.325 e. The van der Waals surface area contributed by atoms with Gasteiger partial charge in [0.25, 0.3) is 0 Å². The fourth-order valence-corrected chi connectivity index (χ4v) is 3.27. The van der Waals surface area contributed by atoms with Gasteiger partial charge in [-0.05, 0) is 43.0 Å². The van der Waals surface area contributed by atoms with Gasteiger partial charge in [0.2, 0.25) is 5.91 Å². The van der Waals surface area contributed by atoms with E-state index in [2.05, 4.69) is 30.4 Å². The lowest BCUT2D eigenvalue weighted by atomic mass is 10.1. The third-order valence-electron chi connectivity index (χ3n) is 3.61. The number of rotatable bonds is 6. The molecular formula is C19H23NOS. The number of amides is 1. The van der Waals surface area contributed by atoms with E-state index in [0.29, 0.717) is 0 Å². The lowest BCUT2D eigenvalue weighted by molar-refractivity contribution is -0.115. The van der Waals surface area contributed by atoms with Crippen molar-refractivity contribution in [3.63, 3.8) is 0 Å². The first-order valence-corrected chi connectivity index (χ1v) is 8.68. The predicted molar refractivity (Wildman–Crippen MR) is 96.4 cm³/mol. The molecule has 0 aromatic heterocycles. The highest BCUT2D eigenvalue weighted by atomic mass is 32.2. The van der Waals surface area contributed by atoms with Gasteiger partial charge in [-0.3, -0.25) is 4.79 Å². The van der Waals surface area contributed by atoms with Gasteiger partial charge < -0.3 is 5.32 Å². The standard InChI is InChI=1S/C19H23NOS/c1-4-18(22-13-16-8-6-5-7-9-16)19(21)20-17-12-14(2)10-11-15(17)3/h5-12,18H,4,13H2,1-3H3,(H,20,21). The van der Waals surface area contributed by atoms with E-state index in [0.717, 1.165) is 29.0 Å². The summed E-state index contributed by atoms with van der Waals surface area (Å²) in [5.41, 5.74) is 4.43. The molecule has 2 aromatic carbocycles. The summed E-state index contributed by atoms with van der Waals surface area (Å²) in [7, 11) is 0. The Labute approximate surface area is 137 Å². The first-order valence-electron chi connectivity index (χ1n) is 7.63. The Hall–Kier alpha value is -1.74. The third-order valence-corrected chi connectivity index (χ3v) is 5.06. The van der Waals surface area contributed by atoms with Gasteiger partial charge in [-0.1, -0.05) is 49.4 Å². The Kier molecular flexibility index (Phi) is 6.08. The number of hydrogen-bond acceptors (Lipinski definition) is 2. The van der Waals surface area contributed by atoms with Crippen LogP contribution in [0.2, 0.25) is 0 Å². The molecule has 116 valence electrons. The van der Waals surface area contributed by atoms with Crippen LogP contribution in [0.1, 0.15) is 30.0 Å². The van der Waals surface area contributed by atoms with E-state index in [1.165, 1.54) is 5.56 Å². The second-order valence-electron chi connectivity index (χ2n) is 5.50. The molecule has 2 nitrogen and oxygen atoms in total. The van der Waals surface area contributed by atoms with Gasteiger partial charge in [0.15, 0.2) is 0 Å². The zero-order valence-corrected chi connectivity index (χ0v) is 14.2. The minimum atomic E-state index is -0.0277. The molecule has 0 aliphatic rings. The normalized spacial score (nSPS) is 12.0. The van der Waals surface area contributed by atoms with Crippen molar-refractivity contribution in [1.82, 2.24) is 0 Å². The molecule has 1 N–H and O–H groups in total. The summed E-state index contributed by atoms with van der Waals surface area (Å²) in [5.74, 6) is 0.955. The Balaban J connectivity index is 1.98. The topological polar surface area (TPSA) is 29.1 Å². The number of carbonyl (C=O) groups is 1. The highest BCUT2D eigenvalue weighted by Crippen LogP contribution is 2.23. The number of thioether (sulfide) groups is 1. The highest BCUT2D eigenvalue weighted by molar-refractivity contribution is 7.99. The van der Waals surface area contributed by atoms with E-state index in [1.807, 2.05) is 44.2 Å². The summed E-state index contributed by atoms with van der Waals surface area (Å²) < 4.78 is 0. The molecule has 0 bridgehead atoms. The molecule has 0 spiro atoms. The maximum absolute atomic E-state index is 12.5. The van der Waals surface area contributed by atoms with Crippen LogP contribution in [0, 0.1) is 13.8 Å². The van der Waals surface area contributed by atoms with Crippen molar-refractivity contribution in [2.24, 2.45) is 0 Å². The lowest BCUT2D eigenvalue weighted by Crippen LogP contribution is -2.25. The number of carbonyl (C=O) groups excluding carboxylic acids is 1. The Bertz CT molecular complexity index is 625. The zero-order valence-electron chi connectivity index (χ0n) is 13.4. The summed E-state index contributed by atoms with van der Waals surface area (Å²) in [6.07, 6.45) is 0.828. The number of aryl methyl sites for hydroxylation is 2. The van der Waals surface area contributed by atoms with Crippen molar-refractivity contribution in [2.75, 3.05) is 5.32 Å². The number of anilines is 1. The van der Waals surface area contributed by atoms with E-state index in [-0.39, 0.29) is 11.2 Å². The van der Waals surface area contributed by atoms with Crippen LogP contribution in [0.5, 0.6) is 0 Å². The number of hydrogen-bond donors (Lipinski definition) is 1. The summed E-state index contributed by atoms with van der Waals surface area (Å²) >= 11 is 1.70. The monoisotopic (exact) mass is 313 g/mol. The van der Waals surface area contributed by atoms with Crippen LogP contribution in [-0.2, 0) is 10.5 Å². The van der Waals surface area contributed by atoms with Gasteiger partial charge in [-0.25, -0.2) is 0 Å². The van der Waals surface area contributed by atoms with Crippen LogP contribution in [0.3, 0.4) is 0 Å². The quantitative estimate of drug-likeness (QED) is 0.817. The highest BCUT2D eigenvalue weighted by Gasteiger charge is 2.17. The molecule has 2 rings (SSSR count). The van der Waals surface area contributed by atoms with Gasteiger partial charge in [-0.2, -0.15) is 0 Å². The molecule has 0 saturated carbocycles. The SMILES string of the molecule is CCC(SCc1ccccc1)C(=O)Nc1cc(C)ccc1C. The fourth-order valence-electron chi connectivity index (χ4n) is 2.23. The van der Waals surface area contributed by atoms with Gasteiger partial charge >= 0.3 is 0 Å². The molecule has 2 aromatic rings. The number of benzene rings is 2. The molecule has 3 heteroatoms. The first kappa shape index (κ1) is 16.6. The molecule has 0 radical (unpaired) electrons. The Morgan fingerprint density at radius 3 is 2.55 bits per heavy atom. The van der Waals surface area contributed by atoms with E-state index in [9.17, 15) is 4.79 Å². The molecule has 0 saturated heterocycles. The summed E-state index contributed by atoms with van der Waals surface area (Å²) in [6.45, 7) is 6.12. The first-order chi connectivity index (χ1) is 10.6.